The first kappa shape index (κ1) is 17.9. The van der Waals surface area contributed by atoms with Crippen LogP contribution < -0.4 is 9.61 Å². The van der Waals surface area contributed by atoms with Gasteiger partial charge in [0.25, 0.3) is 0 Å². The number of Topliss-reactive ketones (excluding diaryl/α,β-unsaturated/α-hetero) is 1. The number of benzene rings is 1. The van der Waals surface area contributed by atoms with E-state index in [1.165, 1.54) is 11.5 Å². The van der Waals surface area contributed by atoms with Crippen LogP contribution in [0.1, 0.15) is 35.5 Å². The lowest BCUT2D eigenvalue weighted by Gasteiger charge is -2.12. The minimum atomic E-state index is -0.519. The molecule has 2 aromatic rings. The van der Waals surface area contributed by atoms with Gasteiger partial charge in [-0.2, -0.15) is 0 Å². The molecule has 0 aliphatic heterocycles. The Morgan fingerprint density at radius 2 is 2.04 bits per heavy atom. The molecule has 1 heterocycles. The van der Waals surface area contributed by atoms with Crippen LogP contribution in [0.4, 0.5) is 0 Å². The summed E-state index contributed by atoms with van der Waals surface area (Å²) in [7, 11) is 0. The van der Waals surface area contributed by atoms with Gasteiger partial charge in [-0.3, -0.25) is 19.0 Å². The van der Waals surface area contributed by atoms with Crippen molar-refractivity contribution in [1.82, 2.24) is 4.57 Å². The molecule has 0 aliphatic rings. The Kier molecular flexibility index (Phi) is 5.92. The summed E-state index contributed by atoms with van der Waals surface area (Å²) in [4.78, 5) is 34.9. The van der Waals surface area contributed by atoms with Crippen molar-refractivity contribution >= 4 is 23.1 Å². The molecule has 0 saturated heterocycles. The summed E-state index contributed by atoms with van der Waals surface area (Å²) in [5.74, 6) is -0.0282. The van der Waals surface area contributed by atoms with E-state index >= 15 is 0 Å². The second-order valence-corrected chi connectivity index (χ2v) is 6.02. The van der Waals surface area contributed by atoms with Crippen molar-refractivity contribution in [1.29, 1.82) is 0 Å². The minimum Gasteiger partial charge on any atom is -0.493 e. The number of aromatic nitrogens is 1. The van der Waals surface area contributed by atoms with Crippen molar-refractivity contribution in [3.05, 3.63) is 50.1 Å². The Hall–Kier alpha value is -2.41. The number of hydrogen-bond acceptors (Lipinski definition) is 6. The first-order chi connectivity index (χ1) is 11.4. The topological polar surface area (TPSA) is 74.6 Å². The Morgan fingerprint density at radius 3 is 2.62 bits per heavy atom. The predicted molar refractivity (Wildman–Crippen MR) is 90.7 cm³/mol. The maximum atomic E-state index is 12.0. The molecule has 0 unspecified atom stereocenters. The molecule has 0 spiro atoms. The number of ketones is 1. The third-order valence-corrected chi connectivity index (χ3v) is 4.30. The molecule has 0 amide bonds. The predicted octanol–water partition coefficient (Wildman–Crippen LogP) is 2.56. The van der Waals surface area contributed by atoms with Gasteiger partial charge in [0.15, 0.2) is 5.78 Å². The van der Waals surface area contributed by atoms with Crippen molar-refractivity contribution in [3.8, 4) is 5.75 Å². The van der Waals surface area contributed by atoms with Crippen LogP contribution in [-0.4, -0.2) is 22.9 Å². The van der Waals surface area contributed by atoms with Crippen LogP contribution >= 0.6 is 11.3 Å². The average molecular weight is 349 g/mol. The lowest BCUT2D eigenvalue weighted by atomic mass is 10.1. The third-order valence-electron chi connectivity index (χ3n) is 3.42. The number of thiazole rings is 1. The van der Waals surface area contributed by atoms with Crippen LogP contribution in [0.25, 0.3) is 0 Å². The van der Waals surface area contributed by atoms with Gasteiger partial charge in [0.2, 0.25) is 0 Å². The maximum absolute atomic E-state index is 12.0. The molecule has 0 bridgehead atoms. The fourth-order valence-corrected chi connectivity index (χ4v) is 2.87. The van der Waals surface area contributed by atoms with E-state index in [-0.39, 0.29) is 23.8 Å². The van der Waals surface area contributed by atoms with E-state index in [4.69, 9.17) is 9.47 Å². The molecule has 0 atom stereocenters. The third kappa shape index (κ3) is 4.32. The number of carbonyl (C=O) groups is 2. The lowest BCUT2D eigenvalue weighted by Crippen LogP contribution is -2.22. The summed E-state index contributed by atoms with van der Waals surface area (Å²) in [5, 5.41) is 1.69. The van der Waals surface area contributed by atoms with E-state index in [1.54, 1.807) is 30.5 Å². The zero-order chi connectivity index (χ0) is 17.7. The summed E-state index contributed by atoms with van der Waals surface area (Å²) in [6, 6.07) is 5.02. The molecule has 0 fully saturated rings. The molecule has 128 valence electrons. The summed E-state index contributed by atoms with van der Waals surface area (Å²) in [6.07, 6.45) is 0. The Bertz CT molecular complexity index is 806. The van der Waals surface area contributed by atoms with E-state index < -0.39 is 5.97 Å². The second-order valence-electron chi connectivity index (χ2n) is 5.20. The normalized spacial score (nSPS) is 10.5. The van der Waals surface area contributed by atoms with Gasteiger partial charge in [-0.05, 0) is 39.0 Å². The van der Waals surface area contributed by atoms with Crippen LogP contribution in [0.15, 0.2) is 28.4 Å². The Balaban J connectivity index is 2.09. The van der Waals surface area contributed by atoms with Crippen molar-refractivity contribution in [3.63, 3.8) is 0 Å². The largest absolute Gasteiger partial charge is 0.493 e. The van der Waals surface area contributed by atoms with Gasteiger partial charge >= 0.3 is 10.8 Å². The smallest absolute Gasteiger partial charge is 0.326 e. The van der Waals surface area contributed by atoms with Gasteiger partial charge in [0, 0.05) is 22.2 Å². The summed E-state index contributed by atoms with van der Waals surface area (Å²) >= 11 is 1.04. The number of rotatable bonds is 7. The van der Waals surface area contributed by atoms with E-state index in [2.05, 4.69) is 0 Å². The van der Waals surface area contributed by atoms with Crippen LogP contribution in [0.5, 0.6) is 5.75 Å². The van der Waals surface area contributed by atoms with Crippen LogP contribution in [0, 0.1) is 6.92 Å². The van der Waals surface area contributed by atoms with E-state index in [1.807, 2.05) is 6.92 Å². The fourth-order valence-electron chi connectivity index (χ4n) is 2.14. The maximum Gasteiger partial charge on any atom is 0.326 e. The molecular formula is C17H19NO5S. The number of hydrogen-bond donors (Lipinski definition) is 0. The first-order valence-corrected chi connectivity index (χ1v) is 8.37. The molecule has 24 heavy (non-hydrogen) atoms. The van der Waals surface area contributed by atoms with Gasteiger partial charge < -0.3 is 9.47 Å². The molecule has 0 radical (unpaired) electrons. The number of esters is 1. The molecular weight excluding hydrogens is 330 g/mol. The van der Waals surface area contributed by atoms with E-state index in [0.717, 1.165) is 17.0 Å². The average Bonchev–Trinajstić information content (AvgIpc) is 2.86. The second kappa shape index (κ2) is 7.92. The lowest BCUT2D eigenvalue weighted by molar-refractivity contribution is -0.145. The van der Waals surface area contributed by atoms with Crippen LogP contribution in [0.2, 0.25) is 0 Å². The molecule has 0 aliphatic carbocycles. The van der Waals surface area contributed by atoms with E-state index in [0.29, 0.717) is 23.5 Å². The molecule has 7 heteroatoms. The minimum absolute atomic E-state index is 0.0206. The van der Waals surface area contributed by atoms with Gasteiger partial charge in [0.1, 0.15) is 18.9 Å². The van der Waals surface area contributed by atoms with Crippen molar-refractivity contribution in [2.75, 3.05) is 6.61 Å². The van der Waals surface area contributed by atoms with Crippen molar-refractivity contribution in [2.45, 2.75) is 33.9 Å². The number of aryl methyl sites for hydroxylation is 1. The number of nitrogens with zero attached hydrogens (tertiary/aromatic N) is 1. The SMILES string of the molecule is CCOc1ccc(C(C)=O)cc1COC(=O)Cn1c(C)csc1=O. The summed E-state index contributed by atoms with van der Waals surface area (Å²) in [5.41, 5.74) is 1.86. The molecule has 0 saturated carbocycles. The number of ether oxygens (including phenoxy) is 2. The summed E-state index contributed by atoms with van der Waals surface area (Å²) < 4.78 is 12.1. The highest BCUT2D eigenvalue weighted by Crippen LogP contribution is 2.22. The Morgan fingerprint density at radius 1 is 1.29 bits per heavy atom. The Labute approximate surface area is 143 Å². The molecule has 0 N–H and O–H groups in total. The van der Waals surface area contributed by atoms with Crippen molar-refractivity contribution < 1.29 is 19.1 Å². The van der Waals surface area contributed by atoms with E-state index in [9.17, 15) is 14.4 Å². The summed E-state index contributed by atoms with van der Waals surface area (Å²) in [6.45, 7) is 5.38. The number of carbonyl (C=O) groups excluding carboxylic acids is 2. The highest BCUT2D eigenvalue weighted by molar-refractivity contribution is 7.07. The highest BCUT2D eigenvalue weighted by atomic mass is 32.1. The fraction of sp³-hybridized carbons (Fsp3) is 0.353. The molecule has 2 rings (SSSR count). The van der Waals surface area contributed by atoms with Gasteiger partial charge in [-0.1, -0.05) is 11.3 Å². The van der Waals surface area contributed by atoms with Gasteiger partial charge in [-0.15, -0.1) is 0 Å². The van der Waals surface area contributed by atoms with Crippen LogP contribution in [0.3, 0.4) is 0 Å². The zero-order valence-corrected chi connectivity index (χ0v) is 14.6. The molecule has 1 aromatic carbocycles. The van der Waals surface area contributed by atoms with Gasteiger partial charge in [-0.25, -0.2) is 0 Å². The van der Waals surface area contributed by atoms with Crippen molar-refractivity contribution in [2.24, 2.45) is 0 Å². The quantitative estimate of drug-likeness (QED) is 0.567. The van der Waals surface area contributed by atoms with Crippen LogP contribution in [-0.2, 0) is 22.7 Å². The zero-order valence-electron chi connectivity index (χ0n) is 13.8. The monoisotopic (exact) mass is 349 g/mol. The highest BCUT2D eigenvalue weighted by Gasteiger charge is 2.13. The first-order valence-electron chi connectivity index (χ1n) is 7.49. The molecule has 6 nitrogen and oxygen atoms in total. The van der Waals surface area contributed by atoms with Gasteiger partial charge in [0.05, 0.1) is 6.61 Å². The molecule has 1 aromatic heterocycles. The standard InChI is InChI=1S/C17H19NO5S/c1-4-22-15-6-5-13(12(3)19)7-14(15)9-23-16(20)8-18-11(2)10-24-17(18)21/h5-7,10H,4,8-9H2,1-3H3.